The molecule has 114 valence electrons. The summed E-state index contributed by atoms with van der Waals surface area (Å²) in [5.74, 6) is 0.746. The van der Waals surface area contributed by atoms with Crippen molar-refractivity contribution < 1.29 is 0 Å². The summed E-state index contributed by atoms with van der Waals surface area (Å²) in [7, 11) is 2.05. The minimum absolute atomic E-state index is 0.632. The third-order valence-electron chi connectivity index (χ3n) is 4.31. The summed E-state index contributed by atoms with van der Waals surface area (Å²) >= 11 is 0. The molecule has 2 unspecified atom stereocenters. The third-order valence-corrected chi connectivity index (χ3v) is 4.31. The molecule has 1 aliphatic heterocycles. The van der Waals surface area contributed by atoms with E-state index < -0.39 is 0 Å². The largest absolute Gasteiger partial charge is 0.311 e. The summed E-state index contributed by atoms with van der Waals surface area (Å²) in [4.78, 5) is 2.65. The van der Waals surface area contributed by atoms with Gasteiger partial charge < -0.3 is 5.32 Å². The highest BCUT2D eigenvalue weighted by Crippen LogP contribution is 2.19. The summed E-state index contributed by atoms with van der Waals surface area (Å²) in [5, 5.41) is 8.17. The molecule has 0 amide bonds. The van der Waals surface area contributed by atoms with Crippen LogP contribution in [-0.4, -0.2) is 39.9 Å². The average molecular weight is 278 g/mol. The van der Waals surface area contributed by atoms with Crippen molar-refractivity contribution in [2.24, 2.45) is 13.0 Å². The Bertz CT molecular complexity index is 424. The molecule has 0 radical (unpaired) electrons. The first-order chi connectivity index (χ1) is 9.49. The van der Waals surface area contributed by atoms with Crippen molar-refractivity contribution in [3.63, 3.8) is 0 Å². The lowest BCUT2D eigenvalue weighted by atomic mass is 9.98. The van der Waals surface area contributed by atoms with E-state index in [0.29, 0.717) is 12.1 Å². The van der Waals surface area contributed by atoms with Gasteiger partial charge in [-0.1, -0.05) is 20.8 Å². The SMILES string of the molecule is CCC1CN(Cc2cc(C)nn2C)C(CC(C)C)CN1. The van der Waals surface area contributed by atoms with Crippen molar-refractivity contribution >= 4 is 0 Å². The molecule has 1 saturated heterocycles. The van der Waals surface area contributed by atoms with Crippen LogP contribution in [0, 0.1) is 12.8 Å². The maximum Gasteiger partial charge on any atom is 0.0597 e. The molecule has 0 saturated carbocycles. The summed E-state index contributed by atoms with van der Waals surface area (Å²) in [6.45, 7) is 12.3. The molecule has 1 aromatic heterocycles. The minimum atomic E-state index is 0.632. The van der Waals surface area contributed by atoms with Crippen LogP contribution in [0.4, 0.5) is 0 Å². The van der Waals surface area contributed by atoms with Gasteiger partial charge in [0.05, 0.1) is 11.4 Å². The van der Waals surface area contributed by atoms with Crippen molar-refractivity contribution in [3.05, 3.63) is 17.5 Å². The second-order valence-electron chi connectivity index (χ2n) is 6.63. The van der Waals surface area contributed by atoms with Gasteiger partial charge in [-0.3, -0.25) is 9.58 Å². The molecule has 0 aliphatic carbocycles. The van der Waals surface area contributed by atoms with Gasteiger partial charge >= 0.3 is 0 Å². The topological polar surface area (TPSA) is 33.1 Å². The van der Waals surface area contributed by atoms with Crippen LogP contribution >= 0.6 is 0 Å². The lowest BCUT2D eigenvalue weighted by Gasteiger charge is -2.41. The summed E-state index contributed by atoms with van der Waals surface area (Å²) < 4.78 is 2.03. The zero-order valence-electron chi connectivity index (χ0n) is 13.7. The van der Waals surface area contributed by atoms with Gasteiger partial charge in [-0.15, -0.1) is 0 Å². The quantitative estimate of drug-likeness (QED) is 0.897. The fourth-order valence-electron chi connectivity index (χ4n) is 3.19. The van der Waals surface area contributed by atoms with Crippen LogP contribution in [-0.2, 0) is 13.6 Å². The summed E-state index contributed by atoms with van der Waals surface area (Å²) in [5.41, 5.74) is 2.44. The monoisotopic (exact) mass is 278 g/mol. The van der Waals surface area contributed by atoms with E-state index >= 15 is 0 Å². The first kappa shape index (κ1) is 15.5. The van der Waals surface area contributed by atoms with Crippen molar-refractivity contribution in [2.45, 2.75) is 59.2 Å². The van der Waals surface area contributed by atoms with Gasteiger partial charge in [0.1, 0.15) is 0 Å². The Hall–Kier alpha value is -0.870. The molecule has 2 atom stereocenters. The smallest absolute Gasteiger partial charge is 0.0597 e. The van der Waals surface area contributed by atoms with E-state index in [1.807, 2.05) is 4.68 Å². The van der Waals surface area contributed by atoms with E-state index in [4.69, 9.17) is 0 Å². The molecular weight excluding hydrogens is 248 g/mol. The Balaban J connectivity index is 2.08. The van der Waals surface area contributed by atoms with Crippen LogP contribution in [0.2, 0.25) is 0 Å². The van der Waals surface area contributed by atoms with E-state index in [0.717, 1.165) is 31.2 Å². The van der Waals surface area contributed by atoms with Crippen molar-refractivity contribution in [3.8, 4) is 0 Å². The Morgan fingerprint density at radius 2 is 2.20 bits per heavy atom. The first-order valence-corrected chi connectivity index (χ1v) is 7.96. The molecule has 20 heavy (non-hydrogen) atoms. The summed E-state index contributed by atoms with van der Waals surface area (Å²) in [6, 6.07) is 3.50. The lowest BCUT2D eigenvalue weighted by molar-refractivity contribution is 0.103. The van der Waals surface area contributed by atoms with E-state index in [9.17, 15) is 0 Å². The predicted octanol–water partition coefficient (Wildman–Crippen LogP) is 2.33. The van der Waals surface area contributed by atoms with Gasteiger partial charge in [0.2, 0.25) is 0 Å². The molecule has 1 aliphatic rings. The normalized spacial score (nSPS) is 24.5. The standard InChI is InChI=1S/C16H30N4/c1-6-14-10-20(15(9-17-14)7-12(2)3)11-16-8-13(4)18-19(16)5/h8,12,14-15,17H,6-7,9-11H2,1-5H3. The third kappa shape index (κ3) is 3.83. The van der Waals surface area contributed by atoms with Gasteiger partial charge in [0.15, 0.2) is 0 Å². The lowest BCUT2D eigenvalue weighted by Crippen LogP contribution is -2.56. The predicted molar refractivity (Wildman–Crippen MR) is 83.7 cm³/mol. The molecule has 2 rings (SSSR count). The number of hydrogen-bond donors (Lipinski definition) is 1. The molecule has 1 aromatic rings. The number of hydrogen-bond acceptors (Lipinski definition) is 3. The second kappa shape index (κ2) is 6.72. The van der Waals surface area contributed by atoms with Crippen LogP contribution in [0.1, 0.15) is 45.0 Å². The van der Waals surface area contributed by atoms with E-state index in [-0.39, 0.29) is 0 Å². The minimum Gasteiger partial charge on any atom is -0.311 e. The number of aryl methyl sites for hydroxylation is 2. The number of aromatic nitrogens is 2. The Morgan fingerprint density at radius 3 is 2.75 bits per heavy atom. The van der Waals surface area contributed by atoms with Gasteiger partial charge in [-0.2, -0.15) is 5.10 Å². The number of rotatable bonds is 5. The Morgan fingerprint density at radius 1 is 1.45 bits per heavy atom. The molecular formula is C16H30N4. The molecule has 4 heteroatoms. The first-order valence-electron chi connectivity index (χ1n) is 7.96. The molecule has 1 fully saturated rings. The van der Waals surface area contributed by atoms with Gasteiger partial charge in [0, 0.05) is 38.8 Å². The number of nitrogens with one attached hydrogen (secondary N) is 1. The van der Waals surface area contributed by atoms with E-state index in [2.05, 4.69) is 56.1 Å². The van der Waals surface area contributed by atoms with Crippen LogP contribution in [0.15, 0.2) is 6.07 Å². The average Bonchev–Trinajstić information content (AvgIpc) is 2.69. The zero-order chi connectivity index (χ0) is 14.7. The van der Waals surface area contributed by atoms with Crippen LogP contribution in [0.3, 0.4) is 0 Å². The fourth-order valence-corrected chi connectivity index (χ4v) is 3.19. The molecule has 1 N–H and O–H groups in total. The molecule has 0 spiro atoms. The van der Waals surface area contributed by atoms with Gasteiger partial charge in [-0.25, -0.2) is 0 Å². The summed E-state index contributed by atoms with van der Waals surface area (Å²) in [6.07, 6.45) is 2.47. The highest BCUT2D eigenvalue weighted by molar-refractivity contribution is 5.09. The molecule has 0 bridgehead atoms. The van der Waals surface area contributed by atoms with Gasteiger partial charge in [0.25, 0.3) is 0 Å². The second-order valence-corrected chi connectivity index (χ2v) is 6.63. The fraction of sp³-hybridized carbons (Fsp3) is 0.812. The van der Waals surface area contributed by atoms with Crippen LogP contribution in [0.25, 0.3) is 0 Å². The van der Waals surface area contributed by atoms with E-state index in [1.54, 1.807) is 0 Å². The van der Waals surface area contributed by atoms with Crippen molar-refractivity contribution in [1.82, 2.24) is 20.0 Å². The molecule has 0 aromatic carbocycles. The van der Waals surface area contributed by atoms with Crippen LogP contribution in [0.5, 0.6) is 0 Å². The zero-order valence-corrected chi connectivity index (χ0v) is 13.7. The maximum atomic E-state index is 4.48. The highest BCUT2D eigenvalue weighted by Gasteiger charge is 2.28. The Kier molecular flexibility index (Phi) is 5.22. The highest BCUT2D eigenvalue weighted by atomic mass is 15.3. The van der Waals surface area contributed by atoms with Crippen LogP contribution < -0.4 is 5.32 Å². The number of nitrogens with zero attached hydrogens (tertiary/aromatic N) is 3. The van der Waals surface area contributed by atoms with Crippen molar-refractivity contribution in [2.75, 3.05) is 13.1 Å². The maximum absolute atomic E-state index is 4.48. The molecule has 4 nitrogen and oxygen atoms in total. The molecule has 2 heterocycles. The van der Waals surface area contributed by atoms with Crippen molar-refractivity contribution in [1.29, 1.82) is 0 Å². The number of piperazine rings is 1. The van der Waals surface area contributed by atoms with Gasteiger partial charge in [-0.05, 0) is 31.7 Å². The Labute approximate surface area is 123 Å². The van der Waals surface area contributed by atoms with E-state index in [1.165, 1.54) is 18.5 Å².